The summed E-state index contributed by atoms with van der Waals surface area (Å²) >= 11 is 0. The minimum absolute atomic E-state index is 0.126. The molecule has 0 N–H and O–H groups in total. The van der Waals surface area contributed by atoms with Crippen molar-refractivity contribution in [2.24, 2.45) is 0 Å². The number of allylic oxidation sites excluding steroid dienone is 1. The number of carbonyl (C=O) groups is 1. The molecule has 0 fully saturated rings. The molecule has 2 unspecified atom stereocenters. The Bertz CT molecular complexity index is 1260. The van der Waals surface area contributed by atoms with Gasteiger partial charge in [-0.3, -0.25) is 9.78 Å². The molecule has 0 aliphatic heterocycles. The molecule has 0 radical (unpaired) electrons. The van der Waals surface area contributed by atoms with Crippen molar-refractivity contribution < 1.29 is 13.9 Å². The van der Waals surface area contributed by atoms with Crippen LogP contribution in [0.3, 0.4) is 0 Å². The Morgan fingerprint density at radius 3 is 2.74 bits per heavy atom. The largest absolute Gasteiger partial charge is 0.447 e. The van der Waals surface area contributed by atoms with E-state index in [9.17, 15) is 4.79 Å². The summed E-state index contributed by atoms with van der Waals surface area (Å²) < 4.78 is 11.4. The zero-order valence-electron chi connectivity index (χ0n) is 19.1. The van der Waals surface area contributed by atoms with Crippen LogP contribution in [0.2, 0.25) is 0 Å². The molecule has 0 amide bonds. The van der Waals surface area contributed by atoms with E-state index in [0.29, 0.717) is 11.6 Å². The second kappa shape index (κ2) is 9.87. The van der Waals surface area contributed by atoms with Crippen LogP contribution >= 0.6 is 0 Å². The van der Waals surface area contributed by atoms with Crippen LogP contribution in [-0.2, 0) is 11.2 Å². The van der Waals surface area contributed by atoms with Crippen molar-refractivity contribution in [3.63, 3.8) is 0 Å². The van der Waals surface area contributed by atoms with Crippen LogP contribution in [0.15, 0.2) is 89.8 Å². The van der Waals surface area contributed by atoms with Gasteiger partial charge in [-0.15, -0.1) is 0 Å². The molecule has 0 saturated carbocycles. The van der Waals surface area contributed by atoms with Gasteiger partial charge in [-0.05, 0) is 59.7 Å². The topological polar surface area (TPSA) is 65.2 Å². The zero-order chi connectivity index (χ0) is 23.3. The first-order valence-electron chi connectivity index (χ1n) is 11.6. The monoisotopic (exact) mass is 450 g/mol. The van der Waals surface area contributed by atoms with E-state index in [0.717, 1.165) is 41.6 Å². The summed E-state index contributed by atoms with van der Waals surface area (Å²) in [6, 6.07) is 20.1. The molecule has 2 aromatic heterocycles. The molecule has 5 heteroatoms. The van der Waals surface area contributed by atoms with Gasteiger partial charge in [0.1, 0.15) is 17.7 Å². The molecule has 0 saturated heterocycles. The van der Waals surface area contributed by atoms with Crippen LogP contribution in [0.5, 0.6) is 5.75 Å². The van der Waals surface area contributed by atoms with Gasteiger partial charge in [-0.25, -0.2) is 4.98 Å². The van der Waals surface area contributed by atoms with E-state index < -0.39 is 0 Å². The summed E-state index contributed by atoms with van der Waals surface area (Å²) in [7, 11) is 0. The summed E-state index contributed by atoms with van der Waals surface area (Å²) in [5.74, 6) is 1.14. The van der Waals surface area contributed by atoms with Gasteiger partial charge in [0.15, 0.2) is 0 Å². The van der Waals surface area contributed by atoms with Crippen LogP contribution < -0.4 is 4.74 Å². The average Bonchev–Trinajstić information content (AvgIpc) is 3.32. The van der Waals surface area contributed by atoms with Crippen molar-refractivity contribution in [3.05, 3.63) is 119 Å². The molecule has 170 valence electrons. The lowest BCUT2D eigenvalue weighted by Gasteiger charge is -2.24. The Balaban J connectivity index is 1.42. The van der Waals surface area contributed by atoms with Crippen molar-refractivity contribution in [1.29, 1.82) is 0 Å². The number of aromatic nitrogens is 2. The molecule has 34 heavy (non-hydrogen) atoms. The fourth-order valence-corrected chi connectivity index (χ4v) is 4.70. The van der Waals surface area contributed by atoms with Crippen LogP contribution in [0.4, 0.5) is 0 Å². The number of carbonyl (C=O) groups excluding carboxylic acids is 1. The van der Waals surface area contributed by atoms with E-state index >= 15 is 0 Å². The van der Waals surface area contributed by atoms with Gasteiger partial charge in [0, 0.05) is 25.2 Å². The van der Waals surface area contributed by atoms with E-state index in [2.05, 4.69) is 29.3 Å². The van der Waals surface area contributed by atoms with Crippen molar-refractivity contribution in [2.75, 3.05) is 0 Å². The maximum Gasteiger partial charge on any atom is 0.308 e. The van der Waals surface area contributed by atoms with Gasteiger partial charge in [0.05, 0.1) is 5.92 Å². The van der Waals surface area contributed by atoms with E-state index in [1.165, 1.54) is 12.5 Å². The zero-order valence-corrected chi connectivity index (χ0v) is 19.1. The number of rotatable bonds is 6. The lowest BCUT2D eigenvalue weighted by Crippen LogP contribution is -2.12. The second-order valence-electron chi connectivity index (χ2n) is 8.52. The van der Waals surface area contributed by atoms with Gasteiger partial charge in [0.25, 0.3) is 0 Å². The smallest absolute Gasteiger partial charge is 0.308 e. The number of hydrogen-bond acceptors (Lipinski definition) is 5. The van der Waals surface area contributed by atoms with Crippen molar-refractivity contribution in [2.45, 2.75) is 38.0 Å². The van der Waals surface area contributed by atoms with Gasteiger partial charge in [-0.1, -0.05) is 54.6 Å². The SMILES string of the molecule is CC(=O)Oc1cccc2c1CCCC2C=Cc1coc(C(c2ccccc2)c2cccnc2)n1. The number of esters is 1. The third-order valence-electron chi connectivity index (χ3n) is 6.20. The maximum atomic E-state index is 11.5. The fourth-order valence-electron chi connectivity index (χ4n) is 4.70. The number of fused-ring (bicyclic) bond motifs is 1. The Morgan fingerprint density at radius 1 is 1.09 bits per heavy atom. The molecule has 5 nitrogen and oxygen atoms in total. The van der Waals surface area contributed by atoms with E-state index in [1.807, 2.05) is 54.7 Å². The highest BCUT2D eigenvalue weighted by atomic mass is 16.5. The lowest BCUT2D eigenvalue weighted by molar-refractivity contribution is -0.131. The quantitative estimate of drug-likeness (QED) is 0.254. The minimum Gasteiger partial charge on any atom is -0.447 e. The predicted molar refractivity (Wildman–Crippen MR) is 131 cm³/mol. The molecule has 5 rings (SSSR count). The molecule has 0 bridgehead atoms. The van der Waals surface area contributed by atoms with Crippen LogP contribution in [0.25, 0.3) is 6.08 Å². The van der Waals surface area contributed by atoms with Crippen LogP contribution in [0, 0.1) is 0 Å². The molecule has 2 atom stereocenters. The Hall–Kier alpha value is -3.99. The molecule has 1 aliphatic rings. The number of pyridine rings is 1. The molecule has 4 aromatic rings. The Labute approximate surface area is 199 Å². The molecule has 2 heterocycles. The Kier molecular flexibility index (Phi) is 6.34. The van der Waals surface area contributed by atoms with Gasteiger partial charge in [0.2, 0.25) is 5.89 Å². The number of ether oxygens (including phenoxy) is 1. The van der Waals surface area contributed by atoms with Crippen LogP contribution in [-0.4, -0.2) is 15.9 Å². The number of hydrogen-bond donors (Lipinski definition) is 0. The summed E-state index contributed by atoms with van der Waals surface area (Å²) in [5, 5.41) is 0. The predicted octanol–water partition coefficient (Wildman–Crippen LogP) is 6.31. The highest BCUT2D eigenvalue weighted by Crippen LogP contribution is 2.38. The summed E-state index contributed by atoms with van der Waals surface area (Å²) in [5.41, 5.74) is 5.25. The van der Waals surface area contributed by atoms with Crippen molar-refractivity contribution >= 4 is 12.0 Å². The van der Waals surface area contributed by atoms with Crippen LogP contribution in [0.1, 0.15) is 65.4 Å². The van der Waals surface area contributed by atoms with Crippen molar-refractivity contribution in [1.82, 2.24) is 9.97 Å². The highest BCUT2D eigenvalue weighted by Gasteiger charge is 2.23. The average molecular weight is 451 g/mol. The lowest BCUT2D eigenvalue weighted by atomic mass is 9.82. The summed E-state index contributed by atoms with van der Waals surface area (Å²) in [6.45, 7) is 1.44. The number of oxazole rings is 1. The fraction of sp³-hybridized carbons (Fsp3) is 0.207. The molecule has 0 spiro atoms. The first kappa shape index (κ1) is 21.8. The van der Waals surface area contributed by atoms with Gasteiger partial charge < -0.3 is 9.15 Å². The first-order chi connectivity index (χ1) is 16.7. The minimum atomic E-state index is -0.289. The molecule has 2 aromatic carbocycles. The second-order valence-corrected chi connectivity index (χ2v) is 8.52. The van der Waals surface area contributed by atoms with E-state index in [4.69, 9.17) is 14.1 Å². The normalized spacial score (nSPS) is 16.2. The molecular formula is C29H26N2O3. The van der Waals surface area contributed by atoms with Gasteiger partial charge >= 0.3 is 5.97 Å². The maximum absolute atomic E-state index is 11.5. The summed E-state index contributed by atoms with van der Waals surface area (Å²) in [6.07, 6.45) is 12.5. The standard InChI is InChI=1S/C29H26N2O3/c1-20(32)34-27-14-6-12-25-21(10-5-13-26(25)27)15-16-24-19-33-29(31-24)28(22-8-3-2-4-9-22)23-11-7-17-30-18-23/h2-4,6-9,11-12,14-19,21,28H,5,10,13H2,1H3. The van der Waals surface area contributed by atoms with E-state index in [1.54, 1.807) is 12.5 Å². The highest BCUT2D eigenvalue weighted by molar-refractivity contribution is 5.70. The third kappa shape index (κ3) is 4.69. The number of nitrogens with zero attached hydrogens (tertiary/aromatic N) is 2. The summed E-state index contributed by atoms with van der Waals surface area (Å²) in [4.78, 5) is 20.6. The van der Waals surface area contributed by atoms with E-state index in [-0.39, 0.29) is 17.8 Å². The Morgan fingerprint density at radius 2 is 1.94 bits per heavy atom. The van der Waals surface area contributed by atoms with Crippen molar-refractivity contribution in [3.8, 4) is 5.75 Å². The van der Waals surface area contributed by atoms with Gasteiger partial charge in [-0.2, -0.15) is 0 Å². The molecule has 1 aliphatic carbocycles. The number of benzene rings is 2. The first-order valence-corrected chi connectivity index (χ1v) is 11.6. The molecular weight excluding hydrogens is 424 g/mol. The third-order valence-corrected chi connectivity index (χ3v) is 6.20.